The van der Waals surface area contributed by atoms with Crippen molar-refractivity contribution in [1.29, 1.82) is 0 Å². The van der Waals surface area contributed by atoms with Crippen LogP contribution in [0.3, 0.4) is 0 Å². The lowest BCUT2D eigenvalue weighted by molar-refractivity contribution is -0.629. The summed E-state index contributed by atoms with van der Waals surface area (Å²) in [5.41, 5.74) is 0. The minimum absolute atomic E-state index is 0.801. The highest BCUT2D eigenvalue weighted by Crippen LogP contribution is 1.80. The molecule has 0 fully saturated rings. The molecule has 2 nitrogen and oxygen atoms in total. The van der Waals surface area contributed by atoms with E-state index in [9.17, 15) is 0 Å². The van der Waals surface area contributed by atoms with E-state index in [1.165, 1.54) is 0 Å². The summed E-state index contributed by atoms with van der Waals surface area (Å²) in [6, 6.07) is 0. The lowest BCUT2D eigenvalue weighted by Crippen LogP contribution is -1.93. The van der Waals surface area contributed by atoms with Crippen molar-refractivity contribution >= 4 is 12.0 Å². The predicted octanol–water partition coefficient (Wildman–Crippen LogP) is -0.444. The topological polar surface area (TPSA) is 32.3 Å². The third-order valence-electron chi connectivity index (χ3n) is 0.0680. The van der Waals surface area contributed by atoms with E-state index >= 15 is 0 Å². The van der Waals surface area contributed by atoms with E-state index in [0.717, 1.165) is 12.0 Å². The molecule has 0 rings (SSSR count). The van der Waals surface area contributed by atoms with Gasteiger partial charge in [0.2, 0.25) is 0 Å². The number of hydrogen-bond acceptors (Lipinski definition) is 3. The summed E-state index contributed by atoms with van der Waals surface area (Å²) in [5.74, 6) is 0. The molecule has 0 aromatic heterocycles. The molecule has 0 saturated heterocycles. The molecule has 0 atom stereocenters. The van der Waals surface area contributed by atoms with Gasteiger partial charge in [0.05, 0.1) is 0 Å². The summed E-state index contributed by atoms with van der Waals surface area (Å²) in [6.45, 7) is 0. The molecule has 0 aliphatic heterocycles. The van der Waals surface area contributed by atoms with Crippen molar-refractivity contribution in [3.63, 3.8) is 0 Å². The van der Waals surface area contributed by atoms with Gasteiger partial charge in [0.15, 0.2) is 0 Å². The molecule has 26 valence electrons. The first-order valence-corrected chi connectivity index (χ1v) is 1.89. The fraction of sp³-hybridized carbons (Fsp3) is 1.00. The van der Waals surface area contributed by atoms with Crippen LogP contribution in [-0.4, -0.2) is 6.26 Å². The van der Waals surface area contributed by atoms with Gasteiger partial charge in [-0.25, -0.2) is 0 Å². The van der Waals surface area contributed by atoms with Crippen molar-refractivity contribution in [3.05, 3.63) is 0 Å². The standard InChI is InChI=1S/CH4O2S/c1-4-3-2/h2H,1H3/p-1. The van der Waals surface area contributed by atoms with E-state index in [2.05, 4.69) is 4.33 Å². The number of hydrogen-bond donors (Lipinski definition) is 0. The molecular formula is CH3O2S-. The van der Waals surface area contributed by atoms with Crippen LogP contribution in [0.1, 0.15) is 0 Å². The van der Waals surface area contributed by atoms with Crippen LogP contribution in [0.5, 0.6) is 0 Å². The predicted molar refractivity (Wildman–Crippen MR) is 14.6 cm³/mol. The van der Waals surface area contributed by atoms with E-state index < -0.39 is 0 Å². The van der Waals surface area contributed by atoms with Crippen LogP contribution in [0.2, 0.25) is 0 Å². The van der Waals surface area contributed by atoms with Gasteiger partial charge in [-0.1, -0.05) is 0 Å². The van der Waals surface area contributed by atoms with Crippen LogP contribution in [0.4, 0.5) is 0 Å². The van der Waals surface area contributed by atoms with Crippen LogP contribution in [-0.2, 0) is 4.33 Å². The summed E-state index contributed by atoms with van der Waals surface area (Å²) in [4.78, 5) is 0. The van der Waals surface area contributed by atoms with Crippen molar-refractivity contribution in [1.82, 2.24) is 0 Å². The third-order valence-corrected chi connectivity index (χ3v) is 0.204. The van der Waals surface area contributed by atoms with Crippen molar-refractivity contribution in [2.45, 2.75) is 0 Å². The summed E-state index contributed by atoms with van der Waals surface area (Å²) in [7, 11) is 0. The minimum Gasteiger partial charge on any atom is -0.711 e. The maximum atomic E-state index is 8.76. The fourth-order valence-electron chi connectivity index (χ4n) is 0. The van der Waals surface area contributed by atoms with Gasteiger partial charge in [-0.2, -0.15) is 0 Å². The van der Waals surface area contributed by atoms with Crippen LogP contribution in [0, 0.1) is 0 Å². The molecule has 0 saturated carbocycles. The first-order chi connectivity index (χ1) is 1.91. The fourth-order valence-corrected chi connectivity index (χ4v) is 0. The Morgan fingerprint density at radius 1 is 2.00 bits per heavy atom. The Kier molecular flexibility index (Phi) is 3.49. The molecule has 0 amide bonds. The van der Waals surface area contributed by atoms with Crippen LogP contribution < -0.4 is 5.26 Å². The zero-order valence-electron chi connectivity index (χ0n) is 2.22. The maximum Gasteiger partial charge on any atom is 0.00742 e. The Balaban J connectivity index is 1.97. The lowest BCUT2D eigenvalue weighted by atomic mass is 12.0. The molecular weight excluding hydrogens is 76.1 g/mol. The van der Waals surface area contributed by atoms with E-state index in [0.29, 0.717) is 0 Å². The van der Waals surface area contributed by atoms with Crippen molar-refractivity contribution < 1.29 is 9.59 Å². The summed E-state index contributed by atoms with van der Waals surface area (Å²) in [6.07, 6.45) is 1.56. The average molecular weight is 79.1 g/mol. The van der Waals surface area contributed by atoms with E-state index in [1.807, 2.05) is 0 Å². The molecule has 0 aromatic rings. The molecule has 0 N–H and O–H groups in total. The zero-order chi connectivity index (χ0) is 3.41. The van der Waals surface area contributed by atoms with Crippen molar-refractivity contribution in [2.75, 3.05) is 6.26 Å². The molecule has 0 aliphatic rings. The first-order valence-electron chi connectivity index (χ1n) is 0.742. The summed E-state index contributed by atoms with van der Waals surface area (Å²) in [5, 5.41) is 8.76. The highest BCUT2D eigenvalue weighted by molar-refractivity contribution is 7.93. The molecule has 0 spiro atoms. The van der Waals surface area contributed by atoms with Gasteiger partial charge in [-0.15, -0.1) is 0 Å². The highest BCUT2D eigenvalue weighted by Gasteiger charge is 1.43. The Labute approximate surface area is 28.9 Å². The van der Waals surface area contributed by atoms with Gasteiger partial charge in [-0.3, -0.25) is 0 Å². The van der Waals surface area contributed by atoms with Crippen molar-refractivity contribution in [2.24, 2.45) is 0 Å². The first kappa shape index (κ1) is 4.27. The van der Waals surface area contributed by atoms with Crippen LogP contribution in [0.15, 0.2) is 0 Å². The Hall–Kier alpha value is 0.270. The average Bonchev–Trinajstić information content (AvgIpc) is 1.37. The smallest absolute Gasteiger partial charge is 0.00742 e. The van der Waals surface area contributed by atoms with Crippen molar-refractivity contribution in [3.8, 4) is 0 Å². The van der Waals surface area contributed by atoms with Gasteiger partial charge in [0.25, 0.3) is 0 Å². The second-order valence-electron chi connectivity index (χ2n) is 0.235. The molecule has 0 unspecified atom stereocenters. The van der Waals surface area contributed by atoms with Gasteiger partial charge in [0.1, 0.15) is 0 Å². The molecule has 0 radical (unpaired) electrons. The van der Waals surface area contributed by atoms with Crippen LogP contribution >= 0.6 is 12.0 Å². The van der Waals surface area contributed by atoms with Gasteiger partial charge in [-0.05, 0) is 12.0 Å². The Morgan fingerprint density at radius 3 is 2.25 bits per heavy atom. The monoisotopic (exact) mass is 79.0 g/mol. The normalized spacial score (nSPS) is 7.50. The van der Waals surface area contributed by atoms with Gasteiger partial charge >= 0.3 is 0 Å². The molecule has 0 heterocycles. The van der Waals surface area contributed by atoms with Crippen LogP contribution in [0.25, 0.3) is 0 Å². The Bertz CT molecular complexity index is 8.00. The Morgan fingerprint density at radius 2 is 2.25 bits per heavy atom. The highest BCUT2D eigenvalue weighted by atomic mass is 32.2. The summed E-state index contributed by atoms with van der Waals surface area (Å²) >= 11 is 0.801. The third kappa shape index (κ3) is 2.27. The molecule has 0 bridgehead atoms. The van der Waals surface area contributed by atoms with Gasteiger partial charge < -0.3 is 9.59 Å². The molecule has 0 aliphatic carbocycles. The van der Waals surface area contributed by atoms with E-state index in [-0.39, 0.29) is 0 Å². The van der Waals surface area contributed by atoms with E-state index in [1.54, 1.807) is 6.26 Å². The minimum atomic E-state index is 0.801. The molecule has 4 heavy (non-hydrogen) atoms. The second kappa shape index (κ2) is 3.27. The lowest BCUT2D eigenvalue weighted by Gasteiger charge is -1.93. The summed E-state index contributed by atoms with van der Waals surface area (Å²) < 4.78 is 3.21. The zero-order valence-corrected chi connectivity index (χ0v) is 3.04. The second-order valence-corrected chi connectivity index (χ2v) is 0.704. The van der Waals surface area contributed by atoms with E-state index in [4.69, 9.17) is 5.26 Å². The van der Waals surface area contributed by atoms with Gasteiger partial charge in [0, 0.05) is 6.26 Å². The molecule has 0 aromatic carbocycles. The number of rotatable bonds is 1. The quantitative estimate of drug-likeness (QED) is 0.242. The maximum absolute atomic E-state index is 8.76. The molecule has 3 heteroatoms. The SMILES string of the molecule is CSO[O-]. The largest absolute Gasteiger partial charge is 0.711 e.